The molecule has 1 aromatic carbocycles. The zero-order valence-electron chi connectivity index (χ0n) is 13.8. The van der Waals surface area contributed by atoms with E-state index >= 15 is 0 Å². The molecule has 0 bridgehead atoms. The van der Waals surface area contributed by atoms with E-state index in [0.29, 0.717) is 5.69 Å². The van der Waals surface area contributed by atoms with Gasteiger partial charge in [0.25, 0.3) is 0 Å². The van der Waals surface area contributed by atoms with Gasteiger partial charge < -0.3 is 24.7 Å². The van der Waals surface area contributed by atoms with Crippen molar-refractivity contribution in [3.05, 3.63) is 23.9 Å². The second-order valence-electron chi connectivity index (χ2n) is 5.98. The van der Waals surface area contributed by atoms with Crippen LogP contribution in [0.5, 0.6) is 5.75 Å². The van der Waals surface area contributed by atoms with Gasteiger partial charge in [0.05, 0.1) is 18.7 Å². The Bertz CT molecular complexity index is 702. The first-order valence-corrected chi connectivity index (χ1v) is 7.96. The SMILES string of the molecule is COC(=O)c1cc2c(N3CCNCC3)cc(OC(C)C)cc2[nH]1. The van der Waals surface area contributed by atoms with Crippen LogP contribution in [-0.2, 0) is 4.74 Å². The number of hydrogen-bond acceptors (Lipinski definition) is 5. The van der Waals surface area contributed by atoms with E-state index in [2.05, 4.69) is 21.3 Å². The fourth-order valence-corrected chi connectivity index (χ4v) is 2.92. The fraction of sp³-hybridized carbons (Fsp3) is 0.471. The Hall–Kier alpha value is -2.21. The van der Waals surface area contributed by atoms with Crippen LogP contribution in [0.25, 0.3) is 10.9 Å². The minimum Gasteiger partial charge on any atom is -0.491 e. The van der Waals surface area contributed by atoms with Crippen molar-refractivity contribution in [1.82, 2.24) is 10.3 Å². The number of aromatic nitrogens is 1. The molecule has 23 heavy (non-hydrogen) atoms. The van der Waals surface area contributed by atoms with Crippen molar-refractivity contribution >= 4 is 22.6 Å². The first-order valence-electron chi connectivity index (χ1n) is 7.96. The molecule has 0 amide bonds. The quantitative estimate of drug-likeness (QED) is 0.846. The number of nitrogens with zero attached hydrogens (tertiary/aromatic N) is 1. The molecule has 1 aromatic heterocycles. The number of aromatic amines is 1. The number of carbonyl (C=O) groups excluding carboxylic acids is 1. The summed E-state index contributed by atoms with van der Waals surface area (Å²) in [4.78, 5) is 17.3. The van der Waals surface area contributed by atoms with Crippen LogP contribution in [-0.4, -0.2) is 50.3 Å². The molecule has 0 radical (unpaired) electrons. The molecule has 2 N–H and O–H groups in total. The summed E-state index contributed by atoms with van der Waals surface area (Å²) >= 11 is 0. The molecule has 2 heterocycles. The van der Waals surface area contributed by atoms with Crippen molar-refractivity contribution in [2.75, 3.05) is 38.2 Å². The molecule has 3 rings (SSSR count). The van der Waals surface area contributed by atoms with Gasteiger partial charge in [0.1, 0.15) is 11.4 Å². The van der Waals surface area contributed by atoms with Crippen LogP contribution in [0.1, 0.15) is 24.3 Å². The van der Waals surface area contributed by atoms with Gasteiger partial charge in [-0.15, -0.1) is 0 Å². The topological polar surface area (TPSA) is 66.6 Å². The summed E-state index contributed by atoms with van der Waals surface area (Å²) in [6.07, 6.45) is 0.0957. The second-order valence-corrected chi connectivity index (χ2v) is 5.98. The molecular weight excluding hydrogens is 294 g/mol. The van der Waals surface area contributed by atoms with E-state index < -0.39 is 0 Å². The van der Waals surface area contributed by atoms with Gasteiger partial charge in [-0.05, 0) is 19.9 Å². The van der Waals surface area contributed by atoms with Gasteiger partial charge in [0, 0.05) is 49.4 Å². The molecule has 1 aliphatic heterocycles. The van der Waals surface area contributed by atoms with Crippen LogP contribution in [0.2, 0.25) is 0 Å². The van der Waals surface area contributed by atoms with E-state index in [9.17, 15) is 4.79 Å². The number of fused-ring (bicyclic) bond motifs is 1. The van der Waals surface area contributed by atoms with Crippen LogP contribution >= 0.6 is 0 Å². The number of carbonyl (C=O) groups is 1. The Morgan fingerprint density at radius 1 is 1.22 bits per heavy atom. The first-order chi connectivity index (χ1) is 11.1. The number of nitrogens with one attached hydrogen (secondary N) is 2. The fourth-order valence-electron chi connectivity index (χ4n) is 2.92. The third-order valence-corrected chi connectivity index (χ3v) is 3.92. The minimum atomic E-state index is -0.362. The average Bonchev–Trinajstić information content (AvgIpc) is 2.97. The molecule has 0 spiro atoms. The molecule has 0 atom stereocenters. The lowest BCUT2D eigenvalue weighted by Gasteiger charge is -2.30. The zero-order chi connectivity index (χ0) is 16.4. The van der Waals surface area contributed by atoms with Crippen molar-refractivity contribution in [3.8, 4) is 5.75 Å². The highest BCUT2D eigenvalue weighted by Gasteiger charge is 2.19. The van der Waals surface area contributed by atoms with Gasteiger partial charge in [-0.1, -0.05) is 0 Å². The molecule has 124 valence electrons. The van der Waals surface area contributed by atoms with Crippen molar-refractivity contribution in [2.24, 2.45) is 0 Å². The number of methoxy groups -OCH3 is 1. The van der Waals surface area contributed by atoms with Crippen molar-refractivity contribution < 1.29 is 14.3 Å². The lowest BCUT2D eigenvalue weighted by molar-refractivity contribution is 0.0595. The maximum Gasteiger partial charge on any atom is 0.354 e. The number of H-pyrrole nitrogens is 1. The Morgan fingerprint density at radius 3 is 2.61 bits per heavy atom. The summed E-state index contributed by atoms with van der Waals surface area (Å²) in [5.74, 6) is 0.443. The second kappa shape index (κ2) is 6.50. The highest BCUT2D eigenvalue weighted by Crippen LogP contribution is 2.33. The van der Waals surface area contributed by atoms with Crippen LogP contribution in [0, 0.1) is 0 Å². The standard InChI is InChI=1S/C17H23N3O3/c1-11(2)23-12-8-14-13(10-15(19-14)17(21)22-3)16(9-12)20-6-4-18-5-7-20/h8-11,18-19H,4-7H2,1-3H3. The molecule has 0 aliphatic carbocycles. The molecule has 1 fully saturated rings. The van der Waals surface area contributed by atoms with E-state index in [1.165, 1.54) is 7.11 Å². The van der Waals surface area contributed by atoms with Gasteiger partial charge in [0.2, 0.25) is 0 Å². The average molecular weight is 317 g/mol. The monoisotopic (exact) mass is 317 g/mol. The summed E-state index contributed by atoms with van der Waals surface area (Å²) in [5, 5.41) is 4.37. The number of esters is 1. The lowest BCUT2D eigenvalue weighted by atomic mass is 10.1. The minimum absolute atomic E-state index is 0.0957. The van der Waals surface area contributed by atoms with Crippen LogP contribution in [0.4, 0.5) is 5.69 Å². The number of benzene rings is 1. The number of anilines is 1. The molecular formula is C17H23N3O3. The Kier molecular flexibility index (Phi) is 4.43. The van der Waals surface area contributed by atoms with Gasteiger partial charge in [-0.3, -0.25) is 0 Å². The van der Waals surface area contributed by atoms with E-state index in [-0.39, 0.29) is 12.1 Å². The molecule has 1 saturated heterocycles. The number of ether oxygens (including phenoxy) is 2. The van der Waals surface area contributed by atoms with Crippen molar-refractivity contribution in [1.29, 1.82) is 0 Å². The predicted molar refractivity (Wildman–Crippen MR) is 90.5 cm³/mol. The van der Waals surface area contributed by atoms with Crippen LogP contribution in [0.15, 0.2) is 18.2 Å². The highest BCUT2D eigenvalue weighted by molar-refractivity contribution is 6.00. The maximum atomic E-state index is 11.8. The summed E-state index contributed by atoms with van der Waals surface area (Å²) in [7, 11) is 1.39. The Labute approximate surface area is 135 Å². The maximum absolute atomic E-state index is 11.8. The molecule has 0 unspecified atom stereocenters. The molecule has 6 heteroatoms. The van der Waals surface area contributed by atoms with E-state index in [1.807, 2.05) is 26.0 Å². The molecule has 6 nitrogen and oxygen atoms in total. The van der Waals surface area contributed by atoms with E-state index in [0.717, 1.165) is 48.5 Å². The molecule has 2 aromatic rings. The summed E-state index contributed by atoms with van der Waals surface area (Å²) in [6, 6.07) is 5.85. The highest BCUT2D eigenvalue weighted by atomic mass is 16.5. The summed E-state index contributed by atoms with van der Waals surface area (Å²) in [6.45, 7) is 7.76. The third kappa shape index (κ3) is 3.27. The Morgan fingerprint density at radius 2 is 1.96 bits per heavy atom. The molecule has 0 saturated carbocycles. The van der Waals surface area contributed by atoms with Crippen LogP contribution in [0.3, 0.4) is 0 Å². The Balaban J connectivity index is 2.08. The zero-order valence-corrected chi connectivity index (χ0v) is 13.8. The van der Waals surface area contributed by atoms with Gasteiger partial charge in [0.15, 0.2) is 0 Å². The van der Waals surface area contributed by atoms with Crippen LogP contribution < -0.4 is 15.0 Å². The number of rotatable bonds is 4. The first kappa shape index (κ1) is 15.7. The smallest absolute Gasteiger partial charge is 0.354 e. The van der Waals surface area contributed by atoms with Crippen molar-refractivity contribution in [3.63, 3.8) is 0 Å². The van der Waals surface area contributed by atoms with Gasteiger partial charge >= 0.3 is 5.97 Å². The summed E-state index contributed by atoms with van der Waals surface area (Å²) < 4.78 is 10.7. The largest absolute Gasteiger partial charge is 0.491 e. The predicted octanol–water partition coefficient (Wildman–Crippen LogP) is 2.15. The third-order valence-electron chi connectivity index (χ3n) is 3.92. The van der Waals surface area contributed by atoms with E-state index in [4.69, 9.17) is 9.47 Å². The number of hydrogen-bond donors (Lipinski definition) is 2. The molecule has 1 aliphatic rings. The lowest BCUT2D eigenvalue weighted by Crippen LogP contribution is -2.43. The van der Waals surface area contributed by atoms with E-state index in [1.54, 1.807) is 0 Å². The van der Waals surface area contributed by atoms with Gasteiger partial charge in [-0.25, -0.2) is 4.79 Å². The number of piperazine rings is 1. The van der Waals surface area contributed by atoms with Gasteiger partial charge in [-0.2, -0.15) is 0 Å². The summed E-state index contributed by atoms with van der Waals surface area (Å²) in [5.41, 5.74) is 2.43. The van der Waals surface area contributed by atoms with Crippen molar-refractivity contribution in [2.45, 2.75) is 20.0 Å². The normalized spacial score (nSPS) is 15.2.